The van der Waals surface area contributed by atoms with E-state index in [4.69, 9.17) is 56.4 Å². The first kappa shape index (κ1) is 98.2. The summed E-state index contributed by atoms with van der Waals surface area (Å²) in [5.74, 6) is -17.9. The Balaban J connectivity index is 1.87. The van der Waals surface area contributed by atoms with Gasteiger partial charge in [0.05, 0.1) is 19.1 Å². The number of benzene rings is 3. The fraction of sp³-hybridized carbons (Fsp3) is 0.514. The van der Waals surface area contributed by atoms with Crippen LogP contribution in [0, 0.1) is 28.1 Å². The maximum Gasteiger partial charge on any atom is 0.251 e. The standard InChI is InChI=1S/C74H115N25O18/c1-7-37(3)57(70(116)99-59(40(6)100)71(117)93-49(14-11-31-87-74(83)84)65(111)92-50(27-28-54(76)103)67(113)91-48(13-10-30-86-73(81)82)66(112)94-51(60(78)106)32-41-17-23-45(101)24-18-41)97-56(105)36-88-63(109)53(34-55(77)104)96-69(115)58(38(4)8-2)98-68(114)52(33-42-19-25-46(102)26-20-42)95-61(107)39(5)89-64(110)47(12-9-29-85-72(79)80)90-62(108)44-21-15-43(35-75)16-22-44/h15-26,37-40,47-53,57-59,100-102H,7-14,27-36,75H2,1-6H3,(H2,76,103)(H2,77,104)(H2,78,106)(H,88,109)(H,89,110)(H,90,108)(H,91,113)(H,92,111)(H,93,117)(H,94,112)(H,95,107)(H,96,115)(H,97,105)(H,98,114)(H,99,116)(H4,79,80,85)(H4,81,82,86)(H4,83,84,87)/t37-,38-,39-,40+,47-,48-,49-,50-,51-,52-,53-,57-,58-,59-/m0/s1. The van der Waals surface area contributed by atoms with E-state index in [0.29, 0.717) is 11.1 Å². The molecule has 43 heteroatoms. The number of rotatable bonds is 52. The fourth-order valence-corrected chi connectivity index (χ4v) is 11.4. The number of aliphatic hydroxyl groups excluding tert-OH is 1. The number of aromatic hydroxyl groups is 2. The van der Waals surface area contributed by atoms with E-state index < -0.39 is 211 Å². The summed E-state index contributed by atoms with van der Waals surface area (Å²) in [6.07, 6.45) is -3.89. The van der Waals surface area contributed by atoms with Gasteiger partial charge in [-0.1, -0.05) is 76.9 Å². The third kappa shape index (κ3) is 36.4. The van der Waals surface area contributed by atoms with Gasteiger partial charge in [-0.05, 0) is 124 Å². The Labute approximate surface area is 675 Å². The Morgan fingerprint density at radius 3 is 1.18 bits per heavy atom. The fourth-order valence-electron chi connectivity index (χ4n) is 11.4. The van der Waals surface area contributed by atoms with Gasteiger partial charge in [-0.2, -0.15) is 0 Å². The molecule has 0 unspecified atom stereocenters. The number of nitrogens with two attached hydrogens (primary N) is 7. The second kappa shape index (κ2) is 50.3. The van der Waals surface area contributed by atoms with E-state index in [-0.39, 0.29) is 113 Å². The molecule has 0 aliphatic carbocycles. The van der Waals surface area contributed by atoms with Crippen LogP contribution in [0.25, 0.3) is 0 Å². The summed E-state index contributed by atoms with van der Waals surface area (Å²) >= 11 is 0. The molecule has 117 heavy (non-hydrogen) atoms. The number of primary amides is 3. The summed E-state index contributed by atoms with van der Waals surface area (Å²) in [5.41, 5.74) is 40.5. The monoisotopic (exact) mass is 1640 g/mol. The molecule has 644 valence electrons. The molecule has 14 atom stereocenters. The van der Waals surface area contributed by atoms with Gasteiger partial charge < -0.3 is 135 Å². The maximum atomic E-state index is 14.5. The number of carbonyl (C=O) groups is 15. The summed E-state index contributed by atoms with van der Waals surface area (Å²) in [7, 11) is 0. The van der Waals surface area contributed by atoms with Gasteiger partial charge in [-0.25, -0.2) is 0 Å². The van der Waals surface area contributed by atoms with Crippen LogP contribution in [0.2, 0.25) is 0 Å². The molecule has 3 aromatic carbocycles. The van der Waals surface area contributed by atoms with Crippen molar-refractivity contribution in [2.75, 3.05) is 26.2 Å². The maximum absolute atomic E-state index is 14.5. The van der Waals surface area contributed by atoms with E-state index in [1.165, 1.54) is 74.5 Å². The lowest BCUT2D eigenvalue weighted by molar-refractivity contribution is -0.137. The molecule has 3 aromatic rings. The van der Waals surface area contributed by atoms with Crippen molar-refractivity contribution in [2.45, 2.75) is 204 Å². The van der Waals surface area contributed by atoms with Crippen LogP contribution in [0.1, 0.15) is 139 Å². The summed E-state index contributed by atoms with van der Waals surface area (Å²) < 4.78 is 0. The van der Waals surface area contributed by atoms with Crippen molar-refractivity contribution < 1.29 is 87.2 Å². The molecule has 3 rings (SSSR count). The Kier molecular flexibility index (Phi) is 42.2. The Bertz CT molecular complexity index is 3930. The number of nitrogens with one attached hydrogen (secondary N) is 18. The van der Waals surface area contributed by atoms with Gasteiger partial charge in [0, 0.05) is 51.0 Å². The van der Waals surface area contributed by atoms with Crippen LogP contribution in [-0.2, 0) is 86.5 Å². The predicted molar refractivity (Wildman–Crippen MR) is 427 cm³/mol. The minimum atomic E-state index is -1.92. The number of phenolic OH excluding ortho intramolecular Hbond substituents is 2. The molecule has 15 amide bonds. The van der Waals surface area contributed by atoms with Gasteiger partial charge >= 0.3 is 0 Å². The molecule has 0 saturated carbocycles. The van der Waals surface area contributed by atoms with Crippen molar-refractivity contribution in [3.8, 4) is 11.5 Å². The molecule has 35 N–H and O–H groups in total. The molecular formula is C74H115N25O18. The van der Waals surface area contributed by atoms with Crippen LogP contribution in [0.5, 0.6) is 11.5 Å². The zero-order valence-corrected chi connectivity index (χ0v) is 66.2. The van der Waals surface area contributed by atoms with Crippen LogP contribution in [-0.4, -0.2) is 221 Å². The molecule has 0 aromatic heterocycles. The lowest BCUT2D eigenvalue weighted by atomic mass is 9.96. The van der Waals surface area contributed by atoms with Gasteiger partial charge in [-0.3, -0.25) is 88.1 Å². The molecule has 0 aliphatic heterocycles. The highest BCUT2D eigenvalue weighted by Crippen LogP contribution is 2.18. The van der Waals surface area contributed by atoms with Gasteiger partial charge in [0.15, 0.2) is 17.9 Å². The molecule has 0 spiro atoms. The summed E-state index contributed by atoms with van der Waals surface area (Å²) in [6.45, 7) is 8.19. The highest BCUT2D eigenvalue weighted by Gasteiger charge is 2.39. The minimum Gasteiger partial charge on any atom is -0.508 e. The average Bonchev–Trinajstić information content (AvgIpc) is 0.850. The summed E-state index contributed by atoms with van der Waals surface area (Å²) in [4.78, 5) is 207. The van der Waals surface area contributed by atoms with E-state index in [1.54, 1.807) is 32.9 Å². The Morgan fingerprint density at radius 2 is 0.752 bits per heavy atom. The molecule has 0 saturated heterocycles. The molecule has 0 aliphatic rings. The predicted octanol–water partition coefficient (Wildman–Crippen LogP) is -6.99. The van der Waals surface area contributed by atoms with E-state index in [0.717, 1.165) is 12.5 Å². The van der Waals surface area contributed by atoms with E-state index in [9.17, 15) is 87.2 Å². The van der Waals surface area contributed by atoms with Gasteiger partial charge in [0.1, 0.15) is 78.0 Å². The van der Waals surface area contributed by atoms with Crippen molar-refractivity contribution in [1.29, 1.82) is 16.2 Å². The van der Waals surface area contributed by atoms with Gasteiger partial charge in [-0.15, -0.1) is 0 Å². The number of carbonyl (C=O) groups excluding carboxylic acids is 15. The van der Waals surface area contributed by atoms with Gasteiger partial charge in [0.2, 0.25) is 82.7 Å². The van der Waals surface area contributed by atoms with E-state index >= 15 is 0 Å². The lowest BCUT2D eigenvalue weighted by Gasteiger charge is -2.29. The quantitative estimate of drug-likeness (QED) is 0.0142. The van der Waals surface area contributed by atoms with Crippen LogP contribution < -0.4 is 120 Å². The van der Waals surface area contributed by atoms with Crippen LogP contribution >= 0.6 is 0 Å². The number of guanidine groups is 3. The summed E-state index contributed by atoms with van der Waals surface area (Å²) in [5, 5.41) is 91.1. The zero-order valence-electron chi connectivity index (χ0n) is 66.2. The molecule has 0 radical (unpaired) electrons. The SMILES string of the molecule is CC[C@H](C)[C@H](NC(=O)CNC(=O)[C@H](CC(N)=O)NC(=O)[C@@H](NC(=O)[C@H](Cc1ccc(O)cc1)NC(=O)[C@H](C)NC(=O)[C@H](CCCNC(=N)N)NC(=O)c1ccc(CN)cc1)[C@@H](C)CC)C(=O)N[C@H](C(=O)N[C@@H](CCCNC(=N)N)C(=O)N[C@@H](CCC(N)=O)C(=O)N[C@@H](CCCNC(=N)N)C(=O)N[C@@H](Cc1ccc(O)cc1)C(N)=O)[C@@H](C)O. The van der Waals surface area contributed by atoms with Crippen molar-refractivity contribution in [1.82, 2.24) is 79.8 Å². The first-order valence-electron chi connectivity index (χ1n) is 37.9. The molecule has 0 heterocycles. The normalized spacial score (nSPS) is 14.5. The second-order valence-corrected chi connectivity index (χ2v) is 28.0. The minimum absolute atomic E-state index is 0.00907. The average molecular weight is 1640 g/mol. The largest absolute Gasteiger partial charge is 0.508 e. The Hall–Kier alpha value is -13.0. The topological polar surface area (TPSA) is 751 Å². The van der Waals surface area contributed by atoms with Crippen LogP contribution in [0.4, 0.5) is 0 Å². The highest BCUT2D eigenvalue weighted by atomic mass is 16.3. The first-order chi connectivity index (χ1) is 55.2. The smallest absolute Gasteiger partial charge is 0.251 e. The number of amides is 15. The molecular weight excluding hydrogens is 1530 g/mol. The number of hydrogen-bond donors (Lipinski definition) is 28. The summed E-state index contributed by atoms with van der Waals surface area (Å²) in [6, 6.07) is 0.321. The third-order valence-electron chi connectivity index (χ3n) is 18.5. The first-order valence-corrected chi connectivity index (χ1v) is 37.9. The van der Waals surface area contributed by atoms with Crippen molar-refractivity contribution in [2.24, 2.45) is 52.0 Å². The number of aliphatic hydroxyl groups is 1. The number of phenols is 2. The van der Waals surface area contributed by atoms with Gasteiger partial charge in [0.25, 0.3) is 5.91 Å². The molecule has 0 fully saturated rings. The van der Waals surface area contributed by atoms with E-state index in [2.05, 4.69) is 79.8 Å². The highest BCUT2D eigenvalue weighted by molar-refractivity contribution is 6.01. The third-order valence-corrected chi connectivity index (χ3v) is 18.5. The van der Waals surface area contributed by atoms with Crippen molar-refractivity contribution in [3.05, 3.63) is 95.1 Å². The van der Waals surface area contributed by atoms with Crippen LogP contribution in [0.3, 0.4) is 0 Å². The number of hydrogen-bond acceptors (Lipinski definition) is 22. The Morgan fingerprint density at radius 1 is 0.385 bits per heavy atom. The second-order valence-electron chi connectivity index (χ2n) is 28.0. The molecule has 0 bridgehead atoms. The molecule has 43 nitrogen and oxygen atoms in total. The van der Waals surface area contributed by atoms with E-state index in [1.807, 2.05) is 0 Å². The lowest BCUT2D eigenvalue weighted by Crippen LogP contribution is -2.62. The van der Waals surface area contributed by atoms with Crippen molar-refractivity contribution >= 4 is 106 Å². The zero-order chi connectivity index (χ0) is 87.8. The van der Waals surface area contributed by atoms with Crippen molar-refractivity contribution in [3.63, 3.8) is 0 Å². The van der Waals surface area contributed by atoms with Crippen LogP contribution in [0.15, 0.2) is 72.8 Å².